The lowest BCUT2D eigenvalue weighted by atomic mass is 9.78. The van der Waals surface area contributed by atoms with Crippen LogP contribution in [0.25, 0.3) is 0 Å². The van der Waals surface area contributed by atoms with Crippen LogP contribution in [0.1, 0.15) is 32.1 Å². The number of hydrogen-bond acceptors (Lipinski definition) is 4. The van der Waals surface area contributed by atoms with Crippen molar-refractivity contribution in [1.82, 2.24) is 0 Å². The van der Waals surface area contributed by atoms with Crippen LogP contribution in [0, 0.1) is 0 Å². The highest BCUT2D eigenvalue weighted by Crippen LogP contribution is 2.55. The molecule has 4 aliphatic rings. The van der Waals surface area contributed by atoms with E-state index < -0.39 is 0 Å². The molecule has 1 unspecified atom stereocenters. The van der Waals surface area contributed by atoms with Gasteiger partial charge in [0, 0.05) is 19.4 Å². The van der Waals surface area contributed by atoms with Crippen molar-refractivity contribution in [2.45, 2.75) is 68.2 Å². The first kappa shape index (κ1) is 9.83. The van der Waals surface area contributed by atoms with Crippen LogP contribution in [0.3, 0.4) is 0 Å². The molecule has 4 rings (SSSR count). The summed E-state index contributed by atoms with van der Waals surface area (Å²) in [5.41, 5.74) is -0.0829. The molecule has 0 radical (unpaired) electrons. The number of hydrogen-bond donors (Lipinski definition) is 1. The Morgan fingerprint density at radius 2 is 1.94 bits per heavy atom. The molecule has 3 heterocycles. The molecular formula is C12H18O4. The topological polar surface area (TPSA) is 51.2 Å². The number of ether oxygens (including phenoxy) is 3. The van der Waals surface area contributed by atoms with Gasteiger partial charge in [0.25, 0.3) is 0 Å². The van der Waals surface area contributed by atoms with Gasteiger partial charge in [-0.1, -0.05) is 0 Å². The molecule has 4 nitrogen and oxygen atoms in total. The Kier molecular flexibility index (Phi) is 1.96. The average molecular weight is 226 g/mol. The van der Waals surface area contributed by atoms with Gasteiger partial charge in [-0.3, -0.25) is 0 Å². The molecule has 16 heavy (non-hydrogen) atoms. The van der Waals surface area contributed by atoms with E-state index in [1.54, 1.807) is 0 Å². The Hall–Kier alpha value is -0.160. The van der Waals surface area contributed by atoms with Gasteiger partial charge in [-0.2, -0.15) is 0 Å². The standard InChI is InChI=1S/C12H18O4/c13-4-3-7-1-2-10-12(16-7)5-8(14-10)11-9(6-12)15-11/h7-11,13H,1-6H2/t7-,8-,9-,10+,11?,12-/m1/s1. The summed E-state index contributed by atoms with van der Waals surface area (Å²) in [5.74, 6) is 0. The quantitative estimate of drug-likeness (QED) is 0.701. The van der Waals surface area contributed by atoms with Gasteiger partial charge in [0.1, 0.15) is 6.10 Å². The monoisotopic (exact) mass is 226 g/mol. The zero-order valence-corrected chi connectivity index (χ0v) is 9.30. The Balaban J connectivity index is 1.56. The Labute approximate surface area is 94.9 Å². The molecule has 1 spiro atoms. The van der Waals surface area contributed by atoms with Gasteiger partial charge in [0.15, 0.2) is 0 Å². The third kappa shape index (κ3) is 1.24. The SMILES string of the molecule is OCC[C@H]1CC[C@@H]2O[C@@H]3C[C@]2(C[C@H]2OC23)O1. The molecule has 90 valence electrons. The molecule has 4 heteroatoms. The number of aliphatic hydroxyl groups excluding tert-OH is 1. The molecule has 4 fully saturated rings. The minimum Gasteiger partial charge on any atom is -0.396 e. The van der Waals surface area contributed by atoms with E-state index in [1.807, 2.05) is 0 Å². The first-order valence-corrected chi connectivity index (χ1v) is 6.40. The first-order valence-electron chi connectivity index (χ1n) is 6.40. The van der Waals surface area contributed by atoms with E-state index in [1.165, 1.54) is 0 Å². The maximum absolute atomic E-state index is 9.01. The van der Waals surface area contributed by atoms with Gasteiger partial charge in [-0.25, -0.2) is 0 Å². The van der Waals surface area contributed by atoms with Crippen molar-refractivity contribution >= 4 is 0 Å². The molecule has 6 atom stereocenters. The van der Waals surface area contributed by atoms with Crippen molar-refractivity contribution in [1.29, 1.82) is 0 Å². The van der Waals surface area contributed by atoms with Crippen LogP contribution in [0.5, 0.6) is 0 Å². The molecule has 3 saturated heterocycles. The highest BCUT2D eigenvalue weighted by molar-refractivity contribution is 5.14. The van der Waals surface area contributed by atoms with Crippen LogP contribution in [0.4, 0.5) is 0 Å². The lowest BCUT2D eigenvalue weighted by Crippen LogP contribution is -2.50. The molecule has 1 aliphatic carbocycles. The molecule has 3 aliphatic heterocycles. The van der Waals surface area contributed by atoms with Crippen LogP contribution in [-0.2, 0) is 14.2 Å². The molecule has 0 aromatic rings. The van der Waals surface area contributed by atoms with E-state index in [2.05, 4.69) is 0 Å². The predicted molar refractivity (Wildman–Crippen MR) is 55.1 cm³/mol. The zero-order chi connectivity index (χ0) is 10.8. The van der Waals surface area contributed by atoms with Crippen molar-refractivity contribution in [3.05, 3.63) is 0 Å². The second-order valence-electron chi connectivity index (χ2n) is 5.60. The second-order valence-corrected chi connectivity index (χ2v) is 5.60. The highest BCUT2D eigenvalue weighted by Gasteiger charge is 2.66. The maximum Gasteiger partial charge on any atom is 0.110 e. The van der Waals surface area contributed by atoms with Gasteiger partial charge in [0.05, 0.1) is 30.0 Å². The molecule has 0 aromatic carbocycles. The summed E-state index contributed by atoms with van der Waals surface area (Å²) in [6.45, 7) is 0.220. The van der Waals surface area contributed by atoms with Crippen molar-refractivity contribution < 1.29 is 19.3 Å². The third-order valence-electron chi connectivity index (χ3n) is 4.61. The summed E-state index contributed by atoms with van der Waals surface area (Å²) in [5, 5.41) is 9.01. The Bertz CT molecular complexity index is 303. The number of aliphatic hydroxyl groups is 1. The highest BCUT2D eigenvalue weighted by atomic mass is 16.6. The molecular weight excluding hydrogens is 208 g/mol. The van der Waals surface area contributed by atoms with E-state index in [0.717, 1.165) is 32.1 Å². The van der Waals surface area contributed by atoms with E-state index in [0.29, 0.717) is 12.2 Å². The van der Waals surface area contributed by atoms with Crippen molar-refractivity contribution in [3.63, 3.8) is 0 Å². The number of fused-ring (bicyclic) bond motifs is 3. The molecule has 1 N–H and O–H groups in total. The molecule has 1 saturated carbocycles. The normalized spacial score (nSPS) is 57.9. The molecule has 0 aromatic heterocycles. The van der Waals surface area contributed by atoms with Gasteiger partial charge >= 0.3 is 0 Å². The van der Waals surface area contributed by atoms with Crippen LogP contribution >= 0.6 is 0 Å². The van der Waals surface area contributed by atoms with Crippen LogP contribution in [0.2, 0.25) is 0 Å². The molecule has 2 bridgehead atoms. The summed E-state index contributed by atoms with van der Waals surface area (Å²) < 4.78 is 17.9. The van der Waals surface area contributed by atoms with Gasteiger partial charge in [0.2, 0.25) is 0 Å². The second kappa shape index (κ2) is 3.19. The lowest BCUT2D eigenvalue weighted by Gasteiger charge is -2.42. The summed E-state index contributed by atoms with van der Waals surface area (Å²) in [4.78, 5) is 0. The minimum atomic E-state index is -0.0829. The van der Waals surface area contributed by atoms with Crippen LogP contribution in [-0.4, -0.2) is 47.8 Å². The van der Waals surface area contributed by atoms with Gasteiger partial charge < -0.3 is 19.3 Å². The fraction of sp³-hybridized carbons (Fsp3) is 1.00. The first-order chi connectivity index (χ1) is 7.81. The summed E-state index contributed by atoms with van der Waals surface area (Å²) >= 11 is 0. The van der Waals surface area contributed by atoms with Crippen molar-refractivity contribution in [3.8, 4) is 0 Å². The number of epoxide rings is 1. The fourth-order valence-electron chi connectivity index (χ4n) is 3.83. The number of rotatable bonds is 2. The summed E-state index contributed by atoms with van der Waals surface area (Å²) in [6, 6.07) is 0. The fourth-order valence-corrected chi connectivity index (χ4v) is 3.83. The molecule has 0 amide bonds. The predicted octanol–water partition coefficient (Wildman–Crippen LogP) is 0.615. The smallest absolute Gasteiger partial charge is 0.110 e. The van der Waals surface area contributed by atoms with Gasteiger partial charge in [-0.15, -0.1) is 0 Å². The average Bonchev–Trinajstić information content (AvgIpc) is 2.94. The lowest BCUT2D eigenvalue weighted by molar-refractivity contribution is -0.172. The zero-order valence-electron chi connectivity index (χ0n) is 9.30. The Morgan fingerprint density at radius 1 is 1.12 bits per heavy atom. The maximum atomic E-state index is 9.01. The van der Waals surface area contributed by atoms with E-state index in [-0.39, 0.29) is 30.5 Å². The summed E-state index contributed by atoms with van der Waals surface area (Å²) in [7, 11) is 0. The van der Waals surface area contributed by atoms with Crippen LogP contribution < -0.4 is 0 Å². The minimum absolute atomic E-state index is 0.0829. The Morgan fingerprint density at radius 3 is 2.75 bits per heavy atom. The van der Waals surface area contributed by atoms with Gasteiger partial charge in [-0.05, 0) is 19.3 Å². The van der Waals surface area contributed by atoms with Crippen LogP contribution in [0.15, 0.2) is 0 Å². The van der Waals surface area contributed by atoms with E-state index in [4.69, 9.17) is 19.3 Å². The van der Waals surface area contributed by atoms with E-state index >= 15 is 0 Å². The van der Waals surface area contributed by atoms with Crippen molar-refractivity contribution in [2.75, 3.05) is 6.61 Å². The van der Waals surface area contributed by atoms with Crippen molar-refractivity contribution in [2.24, 2.45) is 0 Å². The third-order valence-corrected chi connectivity index (χ3v) is 4.61. The summed E-state index contributed by atoms with van der Waals surface area (Å²) in [6.07, 6.45) is 6.39. The van der Waals surface area contributed by atoms with E-state index in [9.17, 15) is 0 Å². The largest absolute Gasteiger partial charge is 0.396 e.